The number of aryl methyl sites for hydroxylation is 1. The van der Waals surface area contributed by atoms with Crippen LogP contribution >= 0.6 is 0 Å². The molecule has 0 radical (unpaired) electrons. The quantitative estimate of drug-likeness (QED) is 0.357. The Bertz CT molecular complexity index is 1500. The Labute approximate surface area is 243 Å². The predicted octanol–water partition coefficient (Wildman–Crippen LogP) is 6.25. The number of H-pyrrole nitrogens is 1. The first-order valence-corrected chi connectivity index (χ1v) is 16.4. The number of nitrogens with zero attached hydrogens (tertiary/aromatic N) is 1. The van der Waals surface area contributed by atoms with Crippen molar-refractivity contribution in [1.29, 1.82) is 0 Å². The van der Waals surface area contributed by atoms with Crippen molar-refractivity contribution in [3.8, 4) is 11.5 Å². The van der Waals surface area contributed by atoms with Gasteiger partial charge in [-0.15, -0.1) is 0 Å². The van der Waals surface area contributed by atoms with E-state index in [0.29, 0.717) is 18.3 Å². The molecule has 0 aliphatic carbocycles. The molecule has 2 aliphatic heterocycles. The summed E-state index contributed by atoms with van der Waals surface area (Å²) in [5.74, 6) is 1.54. The van der Waals surface area contributed by atoms with Crippen molar-refractivity contribution in [3.63, 3.8) is 0 Å². The van der Waals surface area contributed by atoms with Crippen LogP contribution in [0.2, 0.25) is 0 Å². The van der Waals surface area contributed by atoms with Crippen molar-refractivity contribution in [2.24, 2.45) is 5.92 Å². The lowest BCUT2D eigenvalue weighted by Gasteiger charge is -2.41. The van der Waals surface area contributed by atoms with E-state index in [9.17, 15) is 13.2 Å². The van der Waals surface area contributed by atoms with Gasteiger partial charge in [-0.25, -0.2) is 13.1 Å². The van der Waals surface area contributed by atoms with Crippen LogP contribution in [-0.4, -0.2) is 49.7 Å². The van der Waals surface area contributed by atoms with Crippen molar-refractivity contribution in [2.75, 3.05) is 20.3 Å². The molecule has 3 heterocycles. The molecule has 2 bridgehead atoms. The second-order valence-corrected chi connectivity index (χ2v) is 14.1. The van der Waals surface area contributed by atoms with Crippen LogP contribution in [0.4, 0.5) is 0 Å². The zero-order valence-corrected chi connectivity index (χ0v) is 25.5. The monoisotopic (exact) mass is 581 g/mol. The average Bonchev–Trinajstić information content (AvgIpc) is 3.44. The standard InChI is InChI=1S/C32H43N3O5S/c1-21(2)41(37,38)34-32(36)24-10-11-26-28-18-23(9-7-5-6-8-16-40-30(26)19-24)13-15-35(28)20-27-25-12-14-33-31(25)22(3)17-29(27)39-4/h10-12,14,17,19,21,23,28,33H,5-9,13,15-16,18,20H2,1-4H3,(H,34,36)/t23-,28-/m0/s1. The van der Waals surface area contributed by atoms with E-state index in [-0.39, 0.29) is 11.6 Å². The summed E-state index contributed by atoms with van der Waals surface area (Å²) in [4.78, 5) is 18.9. The number of hydrogen-bond acceptors (Lipinski definition) is 6. The number of rotatable bonds is 6. The molecule has 3 aromatic rings. The molecule has 41 heavy (non-hydrogen) atoms. The van der Waals surface area contributed by atoms with Crippen molar-refractivity contribution in [3.05, 3.63) is 58.8 Å². The first kappa shape index (κ1) is 29.5. The fourth-order valence-electron chi connectivity index (χ4n) is 6.30. The van der Waals surface area contributed by atoms with Gasteiger partial charge in [-0.2, -0.15) is 0 Å². The fourth-order valence-corrected chi connectivity index (χ4v) is 6.91. The lowest BCUT2D eigenvalue weighted by molar-refractivity contribution is 0.0950. The number of hydrogen-bond donors (Lipinski definition) is 2. The normalized spacial score (nSPS) is 20.5. The molecule has 222 valence electrons. The van der Waals surface area contributed by atoms with Gasteiger partial charge in [0.1, 0.15) is 11.5 Å². The maximum absolute atomic E-state index is 13.0. The van der Waals surface area contributed by atoms with Gasteiger partial charge in [0.25, 0.3) is 5.91 Å². The fraction of sp³-hybridized carbons (Fsp3) is 0.531. The number of amides is 1. The third-order valence-electron chi connectivity index (χ3n) is 8.77. The number of piperidine rings is 1. The molecular formula is C32H43N3O5S. The minimum absolute atomic E-state index is 0.0969. The molecule has 8 nitrogen and oxygen atoms in total. The Hall–Kier alpha value is -3.04. The van der Waals surface area contributed by atoms with Crippen molar-refractivity contribution >= 4 is 26.8 Å². The number of ether oxygens (including phenoxy) is 2. The van der Waals surface area contributed by atoms with Crippen LogP contribution in [-0.2, 0) is 16.6 Å². The van der Waals surface area contributed by atoms with Crippen LogP contribution < -0.4 is 14.2 Å². The first-order chi connectivity index (χ1) is 19.7. The van der Waals surface area contributed by atoms with E-state index in [1.165, 1.54) is 24.6 Å². The topological polar surface area (TPSA) is 101 Å². The van der Waals surface area contributed by atoms with E-state index in [2.05, 4.69) is 33.7 Å². The van der Waals surface area contributed by atoms with Gasteiger partial charge < -0.3 is 14.5 Å². The van der Waals surface area contributed by atoms with E-state index in [4.69, 9.17) is 9.47 Å². The second kappa shape index (κ2) is 12.4. The number of nitrogens with one attached hydrogen (secondary N) is 2. The van der Waals surface area contributed by atoms with Gasteiger partial charge in [-0.3, -0.25) is 9.69 Å². The van der Waals surface area contributed by atoms with Gasteiger partial charge >= 0.3 is 0 Å². The maximum Gasteiger partial charge on any atom is 0.264 e. The van der Waals surface area contributed by atoms with Crippen molar-refractivity contribution in [2.45, 2.75) is 83.6 Å². The summed E-state index contributed by atoms with van der Waals surface area (Å²) in [5, 5.41) is 0.469. The highest BCUT2D eigenvalue weighted by molar-refractivity contribution is 7.90. The Kier molecular flexibility index (Phi) is 8.94. The molecule has 2 aromatic carbocycles. The van der Waals surface area contributed by atoms with Crippen LogP contribution in [0.3, 0.4) is 0 Å². The van der Waals surface area contributed by atoms with E-state index >= 15 is 0 Å². The minimum atomic E-state index is -3.74. The third-order valence-corrected chi connectivity index (χ3v) is 10.5. The van der Waals surface area contributed by atoms with Crippen LogP contribution in [0.5, 0.6) is 11.5 Å². The Morgan fingerprint density at radius 3 is 2.73 bits per heavy atom. The second-order valence-electron chi connectivity index (χ2n) is 11.8. The van der Waals surface area contributed by atoms with Gasteiger partial charge in [0.2, 0.25) is 10.0 Å². The summed E-state index contributed by atoms with van der Waals surface area (Å²) in [5.41, 5.74) is 4.78. The lowest BCUT2D eigenvalue weighted by atomic mass is 9.83. The zero-order chi connectivity index (χ0) is 29.1. The highest BCUT2D eigenvalue weighted by atomic mass is 32.2. The smallest absolute Gasteiger partial charge is 0.264 e. The molecule has 9 heteroatoms. The number of aromatic nitrogens is 1. The van der Waals surface area contributed by atoms with Gasteiger partial charge in [0.05, 0.1) is 19.0 Å². The highest BCUT2D eigenvalue weighted by Gasteiger charge is 2.33. The largest absolute Gasteiger partial charge is 0.496 e. The summed E-state index contributed by atoms with van der Waals surface area (Å²) < 4.78 is 39.2. The highest BCUT2D eigenvalue weighted by Crippen LogP contribution is 2.43. The maximum atomic E-state index is 13.0. The van der Waals surface area contributed by atoms with E-state index < -0.39 is 21.2 Å². The number of sulfonamides is 1. The number of methoxy groups -OCH3 is 1. The lowest BCUT2D eigenvalue weighted by Crippen LogP contribution is -2.37. The van der Waals surface area contributed by atoms with Gasteiger partial charge in [-0.05, 0) is 82.3 Å². The first-order valence-electron chi connectivity index (χ1n) is 14.9. The summed E-state index contributed by atoms with van der Waals surface area (Å²) in [7, 11) is -2.01. The third kappa shape index (κ3) is 6.41. The van der Waals surface area contributed by atoms with E-state index in [0.717, 1.165) is 66.7 Å². The van der Waals surface area contributed by atoms with Crippen molar-refractivity contribution < 1.29 is 22.7 Å². The number of aromatic amines is 1. The zero-order valence-electron chi connectivity index (χ0n) is 24.7. The Morgan fingerprint density at radius 1 is 1.15 bits per heavy atom. The molecule has 2 N–H and O–H groups in total. The molecule has 0 saturated carbocycles. The van der Waals surface area contributed by atoms with Gasteiger partial charge in [0, 0.05) is 46.4 Å². The number of fused-ring (bicyclic) bond motifs is 5. The van der Waals surface area contributed by atoms with Crippen molar-refractivity contribution in [1.82, 2.24) is 14.6 Å². The van der Waals surface area contributed by atoms with Crippen LogP contribution in [0.25, 0.3) is 10.9 Å². The molecular weight excluding hydrogens is 538 g/mol. The molecule has 5 rings (SSSR count). The molecule has 0 spiro atoms. The molecule has 0 unspecified atom stereocenters. The molecule has 1 aromatic heterocycles. The van der Waals surface area contributed by atoms with Gasteiger partial charge in [-0.1, -0.05) is 31.7 Å². The minimum Gasteiger partial charge on any atom is -0.496 e. The predicted molar refractivity (Wildman–Crippen MR) is 162 cm³/mol. The summed E-state index contributed by atoms with van der Waals surface area (Å²) >= 11 is 0. The van der Waals surface area contributed by atoms with Crippen LogP contribution in [0.15, 0.2) is 36.5 Å². The summed E-state index contributed by atoms with van der Waals surface area (Å²) in [6.07, 6.45) is 9.86. The molecule has 1 saturated heterocycles. The molecule has 2 atom stereocenters. The van der Waals surface area contributed by atoms with Crippen LogP contribution in [0.1, 0.15) is 91.9 Å². The van der Waals surface area contributed by atoms with E-state index in [1.807, 2.05) is 12.3 Å². The Balaban J connectivity index is 1.52. The number of carbonyl (C=O) groups is 1. The van der Waals surface area contributed by atoms with Gasteiger partial charge in [0.15, 0.2) is 0 Å². The average molecular weight is 582 g/mol. The number of benzene rings is 2. The Morgan fingerprint density at radius 2 is 1.95 bits per heavy atom. The molecule has 2 aliphatic rings. The SMILES string of the molecule is COc1cc(C)c2[nH]ccc2c1CN1CC[C@@H]2CCCCCCOc3cc(C(=O)NS(=O)(=O)C(C)C)ccc3[C@@H]1C2. The summed E-state index contributed by atoms with van der Waals surface area (Å²) in [6.45, 7) is 7.44. The number of carbonyl (C=O) groups excluding carboxylic acids is 1. The molecule has 1 amide bonds. The number of likely N-dealkylation sites (tertiary alicyclic amines) is 1. The van der Waals surface area contributed by atoms with Crippen LogP contribution in [0, 0.1) is 12.8 Å². The summed E-state index contributed by atoms with van der Waals surface area (Å²) in [6, 6.07) is 9.76. The molecule has 1 fully saturated rings. The van der Waals surface area contributed by atoms with E-state index in [1.54, 1.807) is 33.1 Å².